The van der Waals surface area contributed by atoms with Crippen LogP contribution in [0, 0.1) is 5.41 Å². The van der Waals surface area contributed by atoms with Crippen LogP contribution in [0.5, 0.6) is 0 Å². The maximum Gasteiger partial charge on any atom is 0.243 e. The summed E-state index contributed by atoms with van der Waals surface area (Å²) in [6, 6.07) is 7.59. The van der Waals surface area contributed by atoms with E-state index in [2.05, 4.69) is 16.3 Å². The van der Waals surface area contributed by atoms with Crippen LogP contribution in [0.2, 0.25) is 5.02 Å². The Balaban J connectivity index is 1.68. The number of hydrogen-bond donors (Lipinski definition) is 1. The number of amides is 2. The van der Waals surface area contributed by atoms with Gasteiger partial charge in [-0.05, 0) is 43.6 Å². The second kappa shape index (κ2) is 9.06. The third-order valence-corrected chi connectivity index (χ3v) is 6.62. The molecule has 2 saturated heterocycles. The maximum absolute atomic E-state index is 12.9. The average molecular weight is 424 g/mol. The van der Waals surface area contributed by atoms with Gasteiger partial charge in [-0.15, -0.1) is 11.8 Å². The number of nitrogens with zero attached hydrogens (tertiary/aromatic N) is 2. The van der Waals surface area contributed by atoms with Crippen LogP contribution in [0.25, 0.3) is 0 Å². The molecule has 1 aromatic rings. The zero-order chi connectivity index (χ0) is 20.3. The second-order valence-corrected chi connectivity index (χ2v) is 10.0. The molecule has 2 unspecified atom stereocenters. The Hall–Kier alpha value is -1.24. The van der Waals surface area contributed by atoms with Gasteiger partial charge in [0.25, 0.3) is 0 Å². The number of likely N-dealkylation sites (tertiary alicyclic amines) is 1. The fourth-order valence-electron chi connectivity index (χ4n) is 3.83. The van der Waals surface area contributed by atoms with E-state index in [0.29, 0.717) is 23.2 Å². The van der Waals surface area contributed by atoms with Crippen molar-refractivity contribution in [1.82, 2.24) is 15.1 Å². The highest BCUT2D eigenvalue weighted by molar-refractivity contribution is 7.99. The molecule has 154 valence electrons. The summed E-state index contributed by atoms with van der Waals surface area (Å²) in [5.41, 5.74) is 0.639. The van der Waals surface area contributed by atoms with Crippen molar-refractivity contribution in [2.45, 2.75) is 45.7 Å². The minimum Gasteiger partial charge on any atom is -0.352 e. The monoisotopic (exact) mass is 423 g/mol. The minimum absolute atomic E-state index is 0.0311. The molecule has 0 radical (unpaired) electrons. The van der Waals surface area contributed by atoms with E-state index in [1.165, 1.54) is 12.8 Å². The Bertz CT molecular complexity index is 716. The van der Waals surface area contributed by atoms with Crippen molar-refractivity contribution in [3.8, 4) is 0 Å². The molecule has 3 rings (SSSR count). The lowest BCUT2D eigenvalue weighted by molar-refractivity contribution is -0.144. The highest BCUT2D eigenvalue weighted by Gasteiger charge is 2.39. The van der Waals surface area contributed by atoms with E-state index in [1.807, 2.05) is 39.0 Å². The van der Waals surface area contributed by atoms with Gasteiger partial charge in [0, 0.05) is 22.7 Å². The minimum atomic E-state index is -0.484. The number of benzene rings is 1. The predicted octanol–water partition coefficient (Wildman–Crippen LogP) is 3.54. The van der Waals surface area contributed by atoms with Crippen LogP contribution < -0.4 is 5.32 Å². The Kier molecular flexibility index (Phi) is 6.94. The molecule has 5 nitrogen and oxygen atoms in total. The molecule has 1 aromatic carbocycles. The molecule has 28 heavy (non-hydrogen) atoms. The van der Waals surface area contributed by atoms with Crippen molar-refractivity contribution in [3.05, 3.63) is 34.9 Å². The van der Waals surface area contributed by atoms with Crippen molar-refractivity contribution in [2.24, 2.45) is 5.41 Å². The zero-order valence-electron chi connectivity index (χ0n) is 16.9. The third kappa shape index (κ3) is 5.02. The Morgan fingerprint density at radius 1 is 1.29 bits per heavy atom. The normalized spacial score (nSPS) is 21.7. The first-order valence-electron chi connectivity index (χ1n) is 9.93. The van der Waals surface area contributed by atoms with Gasteiger partial charge in [-0.25, -0.2) is 0 Å². The molecule has 2 fully saturated rings. The first-order chi connectivity index (χ1) is 13.3. The summed E-state index contributed by atoms with van der Waals surface area (Å²) >= 11 is 7.84. The molecule has 0 aliphatic carbocycles. The largest absolute Gasteiger partial charge is 0.352 e. The molecule has 2 aliphatic heterocycles. The molecular formula is C21H30ClN3O2S. The van der Waals surface area contributed by atoms with Gasteiger partial charge >= 0.3 is 0 Å². The van der Waals surface area contributed by atoms with Gasteiger partial charge in [-0.2, -0.15) is 0 Å². The first-order valence-corrected chi connectivity index (χ1v) is 11.5. The van der Waals surface area contributed by atoms with Crippen molar-refractivity contribution < 1.29 is 9.59 Å². The highest BCUT2D eigenvalue weighted by Crippen LogP contribution is 2.29. The summed E-state index contributed by atoms with van der Waals surface area (Å²) in [4.78, 5) is 29.8. The Labute approximate surface area is 177 Å². The quantitative estimate of drug-likeness (QED) is 0.786. The van der Waals surface area contributed by atoms with Crippen molar-refractivity contribution >= 4 is 35.2 Å². The van der Waals surface area contributed by atoms with Crippen LogP contribution in [0.15, 0.2) is 24.3 Å². The van der Waals surface area contributed by atoms with Gasteiger partial charge in [0.15, 0.2) is 0 Å². The molecule has 2 aliphatic rings. The molecule has 0 saturated carbocycles. The SMILES string of the molecule is CC(C)(C)C(=O)N1CSCC1C(=O)NCC(c1cccc(Cl)c1)N1CCCC1. The van der Waals surface area contributed by atoms with E-state index < -0.39 is 11.5 Å². The van der Waals surface area contributed by atoms with Crippen LogP contribution >= 0.6 is 23.4 Å². The molecule has 1 N–H and O–H groups in total. The van der Waals surface area contributed by atoms with Crippen LogP contribution in [-0.2, 0) is 9.59 Å². The molecule has 2 amide bonds. The third-order valence-electron chi connectivity index (χ3n) is 5.37. The molecule has 0 bridgehead atoms. The fraction of sp³-hybridized carbons (Fsp3) is 0.619. The number of hydrogen-bond acceptors (Lipinski definition) is 4. The summed E-state index contributed by atoms with van der Waals surface area (Å²) in [6.45, 7) is 8.28. The van der Waals surface area contributed by atoms with Crippen LogP contribution in [-0.4, -0.2) is 58.9 Å². The van der Waals surface area contributed by atoms with Gasteiger partial charge in [-0.3, -0.25) is 14.5 Å². The summed E-state index contributed by atoms with van der Waals surface area (Å²) in [5.74, 6) is 1.20. The highest BCUT2D eigenvalue weighted by atomic mass is 35.5. The van der Waals surface area contributed by atoms with E-state index in [4.69, 9.17) is 11.6 Å². The lowest BCUT2D eigenvalue weighted by Crippen LogP contribution is -2.51. The van der Waals surface area contributed by atoms with Crippen LogP contribution in [0.4, 0.5) is 0 Å². The summed E-state index contributed by atoms with van der Waals surface area (Å²) in [7, 11) is 0. The van der Waals surface area contributed by atoms with Crippen molar-refractivity contribution in [2.75, 3.05) is 31.3 Å². The molecule has 2 atom stereocenters. The molecule has 7 heteroatoms. The summed E-state index contributed by atoms with van der Waals surface area (Å²) in [5, 5.41) is 3.84. The Morgan fingerprint density at radius 2 is 2.00 bits per heavy atom. The molecule has 2 heterocycles. The van der Waals surface area contributed by atoms with E-state index in [1.54, 1.807) is 16.7 Å². The van der Waals surface area contributed by atoms with Crippen molar-refractivity contribution in [1.29, 1.82) is 0 Å². The van der Waals surface area contributed by atoms with Gasteiger partial charge in [0.05, 0.1) is 11.9 Å². The van der Waals surface area contributed by atoms with Crippen LogP contribution in [0.3, 0.4) is 0 Å². The number of thioether (sulfide) groups is 1. The summed E-state index contributed by atoms with van der Waals surface area (Å²) in [6.07, 6.45) is 2.36. The van der Waals surface area contributed by atoms with Gasteiger partial charge in [0.1, 0.15) is 6.04 Å². The first kappa shape index (κ1) is 21.5. The number of rotatable bonds is 5. The number of carbonyl (C=O) groups excluding carboxylic acids is 2. The van der Waals surface area contributed by atoms with Crippen LogP contribution in [0.1, 0.15) is 45.2 Å². The standard InChI is InChI=1S/C21H30ClN3O2S/c1-21(2,3)20(27)25-14-28-13-18(25)19(26)23-12-17(24-9-4-5-10-24)15-7-6-8-16(22)11-15/h6-8,11,17-18H,4-5,9-10,12-14H2,1-3H3,(H,23,26). The van der Waals surface area contributed by atoms with Gasteiger partial charge < -0.3 is 10.2 Å². The number of carbonyl (C=O) groups is 2. The zero-order valence-corrected chi connectivity index (χ0v) is 18.5. The van der Waals surface area contributed by atoms with Gasteiger partial charge in [0.2, 0.25) is 11.8 Å². The maximum atomic E-state index is 12.9. The average Bonchev–Trinajstić information content (AvgIpc) is 3.32. The smallest absolute Gasteiger partial charge is 0.243 e. The molecule has 0 spiro atoms. The van der Waals surface area contributed by atoms with E-state index >= 15 is 0 Å². The molecular weight excluding hydrogens is 394 g/mol. The lowest BCUT2D eigenvalue weighted by Gasteiger charge is -2.31. The lowest BCUT2D eigenvalue weighted by atomic mass is 9.94. The van der Waals surface area contributed by atoms with Crippen molar-refractivity contribution in [3.63, 3.8) is 0 Å². The van der Waals surface area contributed by atoms with Gasteiger partial charge in [-0.1, -0.05) is 44.5 Å². The van der Waals surface area contributed by atoms with E-state index in [0.717, 1.165) is 18.7 Å². The summed E-state index contributed by atoms with van der Waals surface area (Å²) < 4.78 is 0. The van der Waals surface area contributed by atoms with E-state index in [-0.39, 0.29) is 17.9 Å². The Morgan fingerprint density at radius 3 is 2.64 bits per heavy atom. The second-order valence-electron chi connectivity index (χ2n) is 8.60. The predicted molar refractivity (Wildman–Crippen MR) is 115 cm³/mol. The fourth-order valence-corrected chi connectivity index (χ4v) is 5.18. The number of halogens is 1. The molecule has 0 aromatic heterocycles. The number of nitrogens with one attached hydrogen (secondary N) is 1. The topological polar surface area (TPSA) is 52.7 Å². The van der Waals surface area contributed by atoms with E-state index in [9.17, 15) is 9.59 Å².